The molecule has 0 aliphatic heterocycles. The number of nitrogens with one attached hydrogen (secondary N) is 1. The van der Waals surface area contributed by atoms with Gasteiger partial charge in [-0.15, -0.1) is 5.10 Å². The van der Waals surface area contributed by atoms with Crippen LogP contribution in [0.25, 0.3) is 0 Å². The number of rotatable bonds is 4. The fourth-order valence-electron chi connectivity index (χ4n) is 1.78. The summed E-state index contributed by atoms with van der Waals surface area (Å²) in [6, 6.07) is 3.92. The average Bonchev–Trinajstić information content (AvgIpc) is 3.19. The monoisotopic (exact) mass is 308 g/mol. The normalized spacial score (nSPS) is 14.0. The number of carbonyl (C=O) groups excluding carboxylic acids is 1. The number of hydrogen-bond donors (Lipinski definition) is 1. The zero-order valence-corrected chi connectivity index (χ0v) is 11.3. The van der Waals surface area contributed by atoms with E-state index in [1.165, 1.54) is 18.2 Å². The van der Waals surface area contributed by atoms with Gasteiger partial charge in [-0.25, -0.2) is 0 Å². The largest absolute Gasteiger partial charge is 0.408 e. The molecule has 0 radical (unpaired) electrons. The summed E-state index contributed by atoms with van der Waals surface area (Å²) in [7, 11) is 0. The Labute approximate surface area is 123 Å². The van der Waals surface area contributed by atoms with Gasteiger partial charge in [-0.2, -0.15) is 0 Å². The third-order valence-corrected chi connectivity index (χ3v) is 3.40. The predicted octanol–water partition coefficient (Wildman–Crippen LogP) is 2.76. The van der Waals surface area contributed by atoms with Crippen molar-refractivity contribution in [2.45, 2.75) is 18.8 Å². The van der Waals surface area contributed by atoms with E-state index in [4.69, 9.17) is 16.0 Å². The molecule has 108 valence electrons. The molecule has 8 nitrogen and oxygen atoms in total. The number of aromatic nitrogens is 2. The van der Waals surface area contributed by atoms with Gasteiger partial charge in [0, 0.05) is 12.0 Å². The smallest absolute Gasteiger partial charge is 0.322 e. The van der Waals surface area contributed by atoms with E-state index in [-0.39, 0.29) is 28.2 Å². The lowest BCUT2D eigenvalue weighted by molar-refractivity contribution is -0.384. The third-order valence-electron chi connectivity index (χ3n) is 3.01. The van der Waals surface area contributed by atoms with Crippen molar-refractivity contribution in [1.82, 2.24) is 10.2 Å². The van der Waals surface area contributed by atoms with Gasteiger partial charge in [0.15, 0.2) is 0 Å². The van der Waals surface area contributed by atoms with Crippen LogP contribution in [0.2, 0.25) is 5.02 Å². The predicted molar refractivity (Wildman–Crippen MR) is 72.3 cm³/mol. The van der Waals surface area contributed by atoms with E-state index >= 15 is 0 Å². The minimum absolute atomic E-state index is 0.0305. The van der Waals surface area contributed by atoms with Crippen LogP contribution in [0.1, 0.15) is 35.0 Å². The fourth-order valence-corrected chi connectivity index (χ4v) is 2.06. The maximum atomic E-state index is 12.1. The van der Waals surface area contributed by atoms with Gasteiger partial charge in [0.25, 0.3) is 11.6 Å². The number of amides is 1. The van der Waals surface area contributed by atoms with Crippen molar-refractivity contribution in [3.05, 3.63) is 44.8 Å². The Hall–Kier alpha value is -2.48. The first kappa shape index (κ1) is 13.5. The number of halogens is 1. The maximum Gasteiger partial charge on any atom is 0.322 e. The van der Waals surface area contributed by atoms with Crippen LogP contribution in [-0.2, 0) is 0 Å². The highest BCUT2D eigenvalue weighted by Gasteiger charge is 2.30. The van der Waals surface area contributed by atoms with Crippen LogP contribution in [0.4, 0.5) is 11.7 Å². The van der Waals surface area contributed by atoms with Gasteiger partial charge < -0.3 is 4.42 Å². The van der Waals surface area contributed by atoms with Crippen molar-refractivity contribution < 1.29 is 14.1 Å². The number of hydrogen-bond acceptors (Lipinski definition) is 6. The molecule has 0 bridgehead atoms. The van der Waals surface area contributed by atoms with E-state index < -0.39 is 10.8 Å². The van der Waals surface area contributed by atoms with E-state index in [0.29, 0.717) is 5.89 Å². The summed E-state index contributed by atoms with van der Waals surface area (Å²) >= 11 is 5.86. The molecule has 1 amide bonds. The second kappa shape index (κ2) is 5.13. The van der Waals surface area contributed by atoms with Crippen molar-refractivity contribution in [1.29, 1.82) is 0 Å². The summed E-state index contributed by atoms with van der Waals surface area (Å²) in [6.07, 6.45) is 1.98. The summed E-state index contributed by atoms with van der Waals surface area (Å²) in [5, 5.41) is 20.5. The first-order chi connectivity index (χ1) is 10.1. The lowest BCUT2D eigenvalue weighted by Crippen LogP contribution is -2.13. The van der Waals surface area contributed by atoms with E-state index in [9.17, 15) is 14.9 Å². The minimum Gasteiger partial charge on any atom is -0.408 e. The van der Waals surface area contributed by atoms with Crippen LogP contribution in [0, 0.1) is 10.1 Å². The first-order valence-electron chi connectivity index (χ1n) is 6.14. The van der Waals surface area contributed by atoms with E-state index in [1.54, 1.807) is 0 Å². The average molecular weight is 309 g/mol. The summed E-state index contributed by atoms with van der Waals surface area (Å²) < 4.78 is 5.29. The Balaban J connectivity index is 1.81. The van der Waals surface area contributed by atoms with Crippen LogP contribution in [0.5, 0.6) is 0 Å². The molecule has 1 N–H and O–H groups in total. The fraction of sp³-hybridized carbons (Fsp3) is 0.250. The number of anilines is 1. The molecule has 1 saturated carbocycles. The Kier molecular flexibility index (Phi) is 3.30. The molecule has 0 unspecified atom stereocenters. The molecule has 0 spiro atoms. The summed E-state index contributed by atoms with van der Waals surface area (Å²) in [4.78, 5) is 22.2. The Morgan fingerprint density at radius 1 is 1.43 bits per heavy atom. The van der Waals surface area contributed by atoms with Crippen molar-refractivity contribution in [3.63, 3.8) is 0 Å². The second-order valence-corrected chi connectivity index (χ2v) is 4.95. The van der Waals surface area contributed by atoms with Crippen LogP contribution in [0.15, 0.2) is 22.6 Å². The molecular weight excluding hydrogens is 300 g/mol. The SMILES string of the molecule is O=C(Nc1nnc(C2CC2)o1)c1cccc([N+](=O)[O-])c1Cl. The number of carbonyl (C=O) groups is 1. The van der Waals surface area contributed by atoms with Crippen LogP contribution in [-0.4, -0.2) is 21.0 Å². The van der Waals surface area contributed by atoms with Crippen LogP contribution < -0.4 is 5.32 Å². The number of benzene rings is 1. The molecule has 3 rings (SSSR count). The lowest BCUT2D eigenvalue weighted by atomic mass is 10.2. The lowest BCUT2D eigenvalue weighted by Gasteiger charge is -2.03. The number of nitro benzene ring substituents is 1. The summed E-state index contributed by atoms with van der Waals surface area (Å²) in [5.74, 6) is 0.106. The highest BCUT2D eigenvalue weighted by atomic mass is 35.5. The molecule has 1 heterocycles. The minimum atomic E-state index is -0.656. The molecule has 1 aromatic heterocycles. The summed E-state index contributed by atoms with van der Waals surface area (Å²) in [5.41, 5.74) is -0.370. The molecule has 0 atom stereocenters. The topological polar surface area (TPSA) is 111 Å². The van der Waals surface area contributed by atoms with E-state index in [1.807, 2.05) is 0 Å². The first-order valence-corrected chi connectivity index (χ1v) is 6.51. The third kappa shape index (κ3) is 2.70. The zero-order valence-electron chi connectivity index (χ0n) is 10.6. The van der Waals surface area contributed by atoms with Crippen molar-refractivity contribution in [3.8, 4) is 0 Å². The van der Waals surface area contributed by atoms with Crippen molar-refractivity contribution in [2.24, 2.45) is 0 Å². The number of nitro groups is 1. The second-order valence-electron chi connectivity index (χ2n) is 4.57. The van der Waals surface area contributed by atoms with Gasteiger partial charge in [0.05, 0.1) is 10.5 Å². The highest BCUT2D eigenvalue weighted by molar-refractivity contribution is 6.36. The standard InChI is InChI=1S/C12H9ClN4O4/c13-9-7(2-1-3-8(9)17(19)20)10(18)14-12-16-15-11(21-12)6-4-5-6/h1-3,6H,4-5H2,(H,14,16,18). The van der Waals surface area contributed by atoms with Crippen LogP contribution >= 0.6 is 11.6 Å². The van der Waals surface area contributed by atoms with Gasteiger partial charge in [-0.3, -0.25) is 20.2 Å². The highest BCUT2D eigenvalue weighted by Crippen LogP contribution is 2.39. The molecule has 9 heteroatoms. The van der Waals surface area contributed by atoms with Crippen molar-refractivity contribution in [2.75, 3.05) is 5.32 Å². The molecular formula is C12H9ClN4O4. The van der Waals surface area contributed by atoms with Gasteiger partial charge in [0.1, 0.15) is 5.02 Å². The van der Waals surface area contributed by atoms with Gasteiger partial charge in [0.2, 0.25) is 5.89 Å². The molecule has 1 aliphatic rings. The Morgan fingerprint density at radius 3 is 2.86 bits per heavy atom. The Bertz CT molecular complexity index is 726. The molecule has 2 aromatic rings. The quantitative estimate of drug-likeness (QED) is 0.686. The van der Waals surface area contributed by atoms with Gasteiger partial charge in [-0.1, -0.05) is 22.8 Å². The number of nitrogens with zero attached hydrogens (tertiary/aromatic N) is 3. The molecule has 1 fully saturated rings. The molecule has 0 saturated heterocycles. The molecule has 1 aliphatic carbocycles. The maximum absolute atomic E-state index is 12.1. The summed E-state index contributed by atoms with van der Waals surface area (Å²) in [6.45, 7) is 0. The van der Waals surface area contributed by atoms with Gasteiger partial charge >= 0.3 is 6.01 Å². The molecule has 1 aromatic carbocycles. The van der Waals surface area contributed by atoms with E-state index in [0.717, 1.165) is 12.8 Å². The Morgan fingerprint density at radius 2 is 2.19 bits per heavy atom. The zero-order chi connectivity index (χ0) is 15.0. The van der Waals surface area contributed by atoms with Crippen molar-refractivity contribution >= 4 is 29.2 Å². The van der Waals surface area contributed by atoms with Crippen LogP contribution in [0.3, 0.4) is 0 Å². The van der Waals surface area contributed by atoms with Gasteiger partial charge in [-0.05, 0) is 18.9 Å². The van der Waals surface area contributed by atoms with E-state index in [2.05, 4.69) is 15.5 Å². The molecule has 21 heavy (non-hydrogen) atoms.